The summed E-state index contributed by atoms with van der Waals surface area (Å²) in [7, 11) is 0. The number of benzene rings is 10. The smallest absolute Gasteiger partial charge is 0.143 e. The fraction of sp³-hybridized carbons (Fsp3) is 0.0588. The highest BCUT2D eigenvalue weighted by Gasteiger charge is 2.37. The van der Waals surface area contributed by atoms with Crippen molar-refractivity contribution in [2.75, 3.05) is 0 Å². The summed E-state index contributed by atoms with van der Waals surface area (Å²) in [5.41, 5.74) is 11.9. The van der Waals surface area contributed by atoms with E-state index in [0.717, 1.165) is 22.1 Å². The van der Waals surface area contributed by atoms with Crippen LogP contribution >= 0.6 is 0 Å². The van der Waals surface area contributed by atoms with Crippen molar-refractivity contribution in [2.24, 2.45) is 0 Å². The summed E-state index contributed by atoms with van der Waals surface area (Å²) in [5, 5.41) is 15.1. The Morgan fingerprint density at radius 2 is 1.00 bits per heavy atom. The van der Waals surface area contributed by atoms with Crippen LogP contribution in [0.1, 0.15) is 25.0 Å². The number of rotatable bonds is 2. The van der Waals surface area contributed by atoms with E-state index in [-0.39, 0.29) is 5.41 Å². The molecule has 0 aliphatic heterocycles. The Morgan fingerprint density at radius 1 is 0.385 bits per heavy atom. The summed E-state index contributed by atoms with van der Waals surface area (Å²) in [4.78, 5) is 0. The molecule has 52 heavy (non-hydrogen) atoms. The van der Waals surface area contributed by atoms with E-state index in [1.165, 1.54) is 98.2 Å². The fourth-order valence-electron chi connectivity index (χ4n) is 9.75. The highest BCUT2D eigenvalue weighted by molar-refractivity contribution is 6.28. The van der Waals surface area contributed by atoms with E-state index in [1.54, 1.807) is 0 Å². The molecule has 0 spiro atoms. The van der Waals surface area contributed by atoms with Gasteiger partial charge in [0, 0.05) is 21.8 Å². The maximum Gasteiger partial charge on any atom is 0.143 e. The third-order valence-electron chi connectivity index (χ3n) is 12.2. The first-order valence-electron chi connectivity index (χ1n) is 18.3. The molecule has 0 amide bonds. The van der Waals surface area contributed by atoms with Gasteiger partial charge >= 0.3 is 0 Å². The maximum atomic E-state index is 7.02. The summed E-state index contributed by atoms with van der Waals surface area (Å²) in [6.45, 7) is 4.76. The van der Waals surface area contributed by atoms with Gasteiger partial charge in [0.1, 0.15) is 11.2 Å². The molecule has 0 bridgehead atoms. The summed E-state index contributed by atoms with van der Waals surface area (Å²) in [6, 6.07) is 58.6. The van der Waals surface area contributed by atoms with Crippen LogP contribution in [0, 0.1) is 0 Å². The molecule has 0 radical (unpaired) electrons. The second-order valence-electron chi connectivity index (χ2n) is 15.2. The van der Waals surface area contributed by atoms with E-state index in [4.69, 9.17) is 4.42 Å². The number of hydrogen-bond donors (Lipinski definition) is 0. The second kappa shape index (κ2) is 9.87. The van der Waals surface area contributed by atoms with Gasteiger partial charge in [0.05, 0.1) is 0 Å². The largest absolute Gasteiger partial charge is 0.455 e. The molecule has 0 saturated carbocycles. The minimum Gasteiger partial charge on any atom is -0.455 e. The third kappa shape index (κ3) is 3.62. The summed E-state index contributed by atoms with van der Waals surface area (Å²) < 4.78 is 7.02. The molecule has 242 valence electrons. The van der Waals surface area contributed by atoms with E-state index >= 15 is 0 Å². The Hall–Kier alpha value is -6.44. The van der Waals surface area contributed by atoms with Gasteiger partial charge in [-0.05, 0) is 117 Å². The van der Waals surface area contributed by atoms with Crippen molar-refractivity contribution >= 4 is 75.8 Å². The molecule has 1 aromatic heterocycles. The van der Waals surface area contributed by atoms with Crippen molar-refractivity contribution in [2.45, 2.75) is 19.3 Å². The highest BCUT2D eigenvalue weighted by Crippen LogP contribution is 2.53. The van der Waals surface area contributed by atoms with Crippen molar-refractivity contribution < 1.29 is 4.42 Å². The third-order valence-corrected chi connectivity index (χ3v) is 12.2. The zero-order valence-electron chi connectivity index (χ0n) is 28.9. The van der Waals surface area contributed by atoms with Crippen molar-refractivity contribution in [1.82, 2.24) is 0 Å². The lowest BCUT2D eigenvalue weighted by molar-refractivity contribution is 0.665. The van der Waals surface area contributed by atoms with Crippen molar-refractivity contribution in [3.05, 3.63) is 169 Å². The molecule has 1 aliphatic rings. The zero-order chi connectivity index (χ0) is 34.3. The molecule has 0 saturated heterocycles. The first kappa shape index (κ1) is 28.3. The van der Waals surface area contributed by atoms with Crippen LogP contribution in [-0.4, -0.2) is 0 Å². The summed E-state index contributed by atoms with van der Waals surface area (Å²) in [6.07, 6.45) is 0. The van der Waals surface area contributed by atoms with Crippen LogP contribution in [0.4, 0.5) is 0 Å². The van der Waals surface area contributed by atoms with Gasteiger partial charge in [0.2, 0.25) is 0 Å². The molecule has 10 aromatic carbocycles. The van der Waals surface area contributed by atoms with Crippen LogP contribution in [0.15, 0.2) is 162 Å². The van der Waals surface area contributed by atoms with Crippen molar-refractivity contribution in [3.8, 4) is 33.4 Å². The quantitative estimate of drug-likeness (QED) is 0.168. The maximum absolute atomic E-state index is 7.02. The molecule has 1 nitrogen and oxygen atoms in total. The van der Waals surface area contributed by atoms with Gasteiger partial charge in [-0.2, -0.15) is 0 Å². The molecular weight excluding hydrogens is 629 g/mol. The Kier molecular flexibility index (Phi) is 5.37. The van der Waals surface area contributed by atoms with Gasteiger partial charge in [-0.25, -0.2) is 0 Å². The Bertz CT molecular complexity index is 3300. The van der Waals surface area contributed by atoms with Crippen LogP contribution in [0.2, 0.25) is 0 Å². The topological polar surface area (TPSA) is 13.1 Å². The van der Waals surface area contributed by atoms with Crippen LogP contribution in [0.5, 0.6) is 0 Å². The molecule has 0 fully saturated rings. The molecule has 0 N–H and O–H groups in total. The summed E-state index contributed by atoms with van der Waals surface area (Å²) >= 11 is 0. The predicted molar refractivity (Wildman–Crippen MR) is 221 cm³/mol. The predicted octanol–water partition coefficient (Wildman–Crippen LogP) is 14.4. The van der Waals surface area contributed by atoms with E-state index < -0.39 is 0 Å². The number of fused-ring (bicyclic) bond motifs is 9. The monoisotopic (exact) mass is 660 g/mol. The lowest BCUT2D eigenvalue weighted by Crippen LogP contribution is -2.15. The zero-order valence-corrected chi connectivity index (χ0v) is 28.9. The van der Waals surface area contributed by atoms with Gasteiger partial charge < -0.3 is 4.42 Å². The van der Waals surface area contributed by atoms with Gasteiger partial charge in [0.25, 0.3) is 0 Å². The Balaban J connectivity index is 1.14. The molecule has 12 rings (SSSR count). The molecule has 0 atom stereocenters. The van der Waals surface area contributed by atoms with E-state index in [2.05, 4.69) is 172 Å². The first-order valence-corrected chi connectivity index (χ1v) is 18.3. The van der Waals surface area contributed by atoms with Gasteiger partial charge in [-0.3, -0.25) is 0 Å². The van der Waals surface area contributed by atoms with Crippen LogP contribution in [-0.2, 0) is 5.41 Å². The van der Waals surface area contributed by atoms with Gasteiger partial charge in [-0.15, -0.1) is 0 Å². The lowest BCUT2D eigenvalue weighted by Gasteiger charge is -2.23. The SMILES string of the molecule is CC1(C)c2cc(-c3ccc(-c4ccc5ccc6cccc7ccc4c5c67)c4c3oc3cc5ccccc5cc34)ccc2-c2ccc3ccccc3c21. The minimum absolute atomic E-state index is 0.145. The van der Waals surface area contributed by atoms with E-state index in [9.17, 15) is 0 Å². The molecule has 0 unspecified atom stereocenters. The fourth-order valence-corrected chi connectivity index (χ4v) is 9.75. The van der Waals surface area contributed by atoms with Crippen LogP contribution in [0.3, 0.4) is 0 Å². The van der Waals surface area contributed by atoms with Crippen molar-refractivity contribution in [1.29, 1.82) is 0 Å². The van der Waals surface area contributed by atoms with E-state index in [0.29, 0.717) is 0 Å². The molecular formula is C51H32O. The van der Waals surface area contributed by atoms with Gasteiger partial charge in [0.15, 0.2) is 0 Å². The molecule has 1 aliphatic carbocycles. The lowest BCUT2D eigenvalue weighted by atomic mass is 9.79. The Labute approximate surface area is 300 Å². The van der Waals surface area contributed by atoms with Gasteiger partial charge in [-0.1, -0.05) is 147 Å². The van der Waals surface area contributed by atoms with Crippen LogP contribution in [0.25, 0.3) is 109 Å². The highest BCUT2D eigenvalue weighted by atomic mass is 16.3. The van der Waals surface area contributed by atoms with Crippen LogP contribution < -0.4 is 0 Å². The molecule has 11 aromatic rings. The number of furan rings is 1. The minimum atomic E-state index is -0.145. The second-order valence-corrected chi connectivity index (χ2v) is 15.2. The summed E-state index contributed by atoms with van der Waals surface area (Å²) in [5.74, 6) is 0. The Morgan fingerprint density at radius 3 is 1.85 bits per heavy atom. The van der Waals surface area contributed by atoms with E-state index in [1.807, 2.05) is 0 Å². The number of hydrogen-bond acceptors (Lipinski definition) is 1. The standard InChI is InChI=1S/C51H32O/c1-51(2)44-27-35(19-21-39(44)42-23-16-29-8-5-6-13-36(29)49(42)51)37-24-25-41(48-43-26-33-9-3-4-10-34(33)28-45(43)52-50(37)48)38-20-17-32-15-14-30-11-7-12-31-18-22-40(38)47(32)46(30)31/h3-28H,1-2H3. The molecule has 1 heteroatoms. The average Bonchev–Trinajstić information content (AvgIpc) is 3.67. The molecule has 1 heterocycles. The average molecular weight is 661 g/mol. The van der Waals surface area contributed by atoms with Crippen molar-refractivity contribution in [3.63, 3.8) is 0 Å². The first-order chi connectivity index (χ1) is 25.5. The normalized spacial score (nSPS) is 13.7.